The molecule has 18 heavy (non-hydrogen) atoms. The monoisotopic (exact) mass is 254 g/mol. The Morgan fingerprint density at radius 3 is 1.28 bits per heavy atom. The van der Waals surface area contributed by atoms with Crippen molar-refractivity contribution in [2.75, 3.05) is 0 Å². The first kappa shape index (κ1) is 13.0. The van der Waals surface area contributed by atoms with Crippen molar-refractivity contribution in [1.29, 1.82) is 0 Å². The molecule has 0 spiro atoms. The minimum atomic E-state index is -0.329. The van der Waals surface area contributed by atoms with E-state index in [4.69, 9.17) is 0 Å². The molecule has 4 amide bonds. The van der Waals surface area contributed by atoms with Crippen LogP contribution in [0.2, 0.25) is 0 Å². The van der Waals surface area contributed by atoms with Crippen molar-refractivity contribution in [3.8, 4) is 0 Å². The van der Waals surface area contributed by atoms with Crippen LogP contribution in [0.25, 0.3) is 0 Å². The number of fused-ring (bicyclic) bond motifs is 1. The van der Waals surface area contributed by atoms with Crippen LogP contribution in [-0.2, 0) is 0 Å². The van der Waals surface area contributed by atoms with E-state index in [0.717, 1.165) is 0 Å². The van der Waals surface area contributed by atoms with Crippen LogP contribution in [0, 0.1) is 0 Å². The van der Waals surface area contributed by atoms with Gasteiger partial charge in [-0.2, -0.15) is 0 Å². The van der Waals surface area contributed by atoms with E-state index in [2.05, 4.69) is 10.6 Å². The first-order chi connectivity index (χ1) is 8.03. The van der Waals surface area contributed by atoms with Gasteiger partial charge in [-0.05, 0) is 41.5 Å². The predicted octanol–water partition coefficient (Wildman–Crippen LogP) is 1.29. The van der Waals surface area contributed by atoms with Gasteiger partial charge in [-0.1, -0.05) is 0 Å². The van der Waals surface area contributed by atoms with Gasteiger partial charge < -0.3 is 10.6 Å². The molecular weight excluding hydrogens is 232 g/mol. The zero-order valence-corrected chi connectivity index (χ0v) is 11.9. The molecule has 2 atom stereocenters. The maximum absolute atomic E-state index is 12.1. The zero-order valence-electron chi connectivity index (χ0n) is 11.9. The van der Waals surface area contributed by atoms with Crippen LogP contribution in [0.5, 0.6) is 0 Å². The molecule has 2 aliphatic rings. The summed E-state index contributed by atoms with van der Waals surface area (Å²) in [6, 6.07) is -0.265. The summed E-state index contributed by atoms with van der Waals surface area (Å²) in [4.78, 5) is 27.5. The highest BCUT2D eigenvalue weighted by Gasteiger charge is 2.55. The molecule has 0 aromatic rings. The second-order valence-corrected chi connectivity index (χ2v) is 6.87. The van der Waals surface area contributed by atoms with E-state index < -0.39 is 0 Å². The Balaban J connectivity index is 2.33. The number of carbonyl (C=O) groups excluding carboxylic acids is 2. The summed E-state index contributed by atoms with van der Waals surface area (Å²) in [5, 5.41) is 5.78. The van der Waals surface area contributed by atoms with E-state index in [1.54, 1.807) is 9.80 Å². The molecule has 2 N–H and O–H groups in total. The fraction of sp³-hybridized carbons (Fsp3) is 0.833. The van der Waals surface area contributed by atoms with E-state index in [1.165, 1.54) is 0 Å². The number of carbonyl (C=O) groups is 2. The molecule has 2 aliphatic heterocycles. The highest BCUT2D eigenvalue weighted by Crippen LogP contribution is 2.31. The summed E-state index contributed by atoms with van der Waals surface area (Å²) in [6.45, 7) is 11.8. The summed E-state index contributed by atoms with van der Waals surface area (Å²) in [7, 11) is 0. The minimum absolute atomic E-state index is 0.133. The number of urea groups is 2. The molecule has 6 nitrogen and oxygen atoms in total. The molecule has 0 aromatic heterocycles. The first-order valence-corrected chi connectivity index (χ1v) is 6.23. The molecule has 102 valence electrons. The van der Waals surface area contributed by atoms with Crippen molar-refractivity contribution in [2.45, 2.75) is 65.0 Å². The molecule has 0 radical (unpaired) electrons. The lowest BCUT2D eigenvalue weighted by Crippen LogP contribution is -2.52. The fourth-order valence-corrected chi connectivity index (χ4v) is 2.66. The first-order valence-electron chi connectivity index (χ1n) is 6.23. The van der Waals surface area contributed by atoms with E-state index >= 15 is 0 Å². The number of rotatable bonds is 0. The van der Waals surface area contributed by atoms with Crippen molar-refractivity contribution < 1.29 is 9.59 Å². The van der Waals surface area contributed by atoms with Crippen LogP contribution in [0.15, 0.2) is 0 Å². The average molecular weight is 254 g/mol. The van der Waals surface area contributed by atoms with Gasteiger partial charge in [0.1, 0.15) is 12.3 Å². The normalized spacial score (nSPS) is 28.3. The van der Waals surface area contributed by atoms with Crippen LogP contribution >= 0.6 is 0 Å². The molecule has 0 aromatic carbocycles. The third kappa shape index (κ3) is 1.79. The van der Waals surface area contributed by atoms with Crippen molar-refractivity contribution in [3.63, 3.8) is 0 Å². The molecule has 2 rings (SSSR count). The Labute approximate surface area is 108 Å². The van der Waals surface area contributed by atoms with Crippen LogP contribution < -0.4 is 10.6 Å². The topological polar surface area (TPSA) is 64.7 Å². The standard InChI is InChI=1S/C12H22N4O2/c1-11(2,3)15-7-8(14-9(15)17)16(10(18)13-7)12(4,5)6/h7-8H,1-6H3,(H,13,18)(H,14,17)/t7-,8+. The summed E-state index contributed by atoms with van der Waals surface area (Å²) < 4.78 is 0. The number of nitrogens with one attached hydrogen (secondary N) is 2. The zero-order chi connectivity index (χ0) is 13.9. The SMILES string of the molecule is CC(C)(C)N1C(=O)N[C@H]2[C@H]1NC(=O)N2C(C)(C)C. The molecule has 2 heterocycles. The Morgan fingerprint density at radius 2 is 1.06 bits per heavy atom. The summed E-state index contributed by atoms with van der Waals surface area (Å²) in [6.07, 6.45) is -0.603. The van der Waals surface area contributed by atoms with Crippen molar-refractivity contribution in [2.24, 2.45) is 0 Å². The van der Waals surface area contributed by atoms with E-state index in [-0.39, 0.29) is 35.5 Å². The molecular formula is C12H22N4O2. The van der Waals surface area contributed by atoms with Crippen molar-refractivity contribution >= 4 is 12.1 Å². The second kappa shape index (κ2) is 3.52. The predicted molar refractivity (Wildman–Crippen MR) is 67.8 cm³/mol. The Bertz CT molecular complexity index is 356. The lowest BCUT2D eigenvalue weighted by atomic mass is 10.0. The maximum Gasteiger partial charge on any atom is 0.321 e. The van der Waals surface area contributed by atoms with Crippen LogP contribution in [0.4, 0.5) is 9.59 Å². The highest BCUT2D eigenvalue weighted by atomic mass is 16.2. The lowest BCUT2D eigenvalue weighted by Gasteiger charge is -2.35. The van der Waals surface area contributed by atoms with E-state index in [1.807, 2.05) is 41.5 Å². The minimum Gasteiger partial charge on any atom is -0.314 e. The van der Waals surface area contributed by atoms with Crippen molar-refractivity contribution in [3.05, 3.63) is 0 Å². The Kier molecular flexibility index (Phi) is 2.54. The van der Waals surface area contributed by atoms with Crippen LogP contribution in [-0.4, -0.2) is 45.3 Å². The number of hydrogen-bond donors (Lipinski definition) is 2. The molecule has 0 aliphatic carbocycles. The summed E-state index contributed by atoms with van der Waals surface area (Å²) in [5.74, 6) is 0. The molecule has 2 saturated heterocycles. The smallest absolute Gasteiger partial charge is 0.314 e. The number of nitrogens with zero attached hydrogens (tertiary/aromatic N) is 2. The van der Waals surface area contributed by atoms with Crippen LogP contribution in [0.1, 0.15) is 41.5 Å². The summed E-state index contributed by atoms with van der Waals surface area (Å²) in [5.41, 5.74) is -0.657. The van der Waals surface area contributed by atoms with Gasteiger partial charge in [-0.3, -0.25) is 9.80 Å². The quantitative estimate of drug-likeness (QED) is 0.684. The lowest BCUT2D eigenvalue weighted by molar-refractivity contribution is 0.105. The van der Waals surface area contributed by atoms with Gasteiger partial charge in [0.05, 0.1) is 0 Å². The van der Waals surface area contributed by atoms with Gasteiger partial charge in [-0.15, -0.1) is 0 Å². The third-order valence-corrected chi connectivity index (χ3v) is 3.28. The summed E-state index contributed by atoms with van der Waals surface area (Å²) >= 11 is 0. The van der Waals surface area contributed by atoms with Gasteiger partial charge >= 0.3 is 12.1 Å². The van der Waals surface area contributed by atoms with Gasteiger partial charge in [0, 0.05) is 11.1 Å². The average Bonchev–Trinajstić information content (AvgIpc) is 2.52. The van der Waals surface area contributed by atoms with Gasteiger partial charge in [0.2, 0.25) is 0 Å². The number of hydrogen-bond acceptors (Lipinski definition) is 2. The fourth-order valence-electron chi connectivity index (χ4n) is 2.66. The Morgan fingerprint density at radius 1 is 0.778 bits per heavy atom. The largest absolute Gasteiger partial charge is 0.321 e. The highest BCUT2D eigenvalue weighted by molar-refractivity contribution is 5.85. The van der Waals surface area contributed by atoms with E-state index in [0.29, 0.717) is 0 Å². The van der Waals surface area contributed by atoms with Crippen molar-refractivity contribution in [1.82, 2.24) is 20.4 Å². The second-order valence-electron chi connectivity index (χ2n) is 6.87. The number of amides is 4. The van der Waals surface area contributed by atoms with E-state index in [9.17, 15) is 9.59 Å². The third-order valence-electron chi connectivity index (χ3n) is 3.28. The van der Waals surface area contributed by atoms with Crippen LogP contribution in [0.3, 0.4) is 0 Å². The molecule has 0 unspecified atom stereocenters. The van der Waals surface area contributed by atoms with Gasteiger partial charge in [0.15, 0.2) is 0 Å². The Hall–Kier alpha value is -1.46. The molecule has 0 saturated carbocycles. The molecule has 0 bridgehead atoms. The van der Waals surface area contributed by atoms with Gasteiger partial charge in [0.25, 0.3) is 0 Å². The maximum atomic E-state index is 12.1. The molecule has 2 fully saturated rings. The van der Waals surface area contributed by atoms with Gasteiger partial charge in [-0.25, -0.2) is 9.59 Å². The molecule has 6 heteroatoms.